The summed E-state index contributed by atoms with van der Waals surface area (Å²) in [6.45, 7) is 0. The van der Waals surface area contributed by atoms with Crippen molar-refractivity contribution in [2.45, 2.75) is 0 Å². The summed E-state index contributed by atoms with van der Waals surface area (Å²) in [7, 11) is -2.66. The highest BCUT2D eigenvalue weighted by atomic mass is 32.2. The number of ether oxygens (including phenoxy) is 1. The molecule has 0 aliphatic rings. The number of nitrogens with two attached hydrogens (primary N) is 1. The molecule has 0 saturated carbocycles. The molecule has 48 valence electrons. The van der Waals surface area contributed by atoms with Crippen molar-refractivity contribution in [3.8, 4) is 0 Å². The Bertz CT molecular complexity index is 142. The third-order valence-corrected chi connectivity index (χ3v) is 0.652. The third kappa shape index (κ3) is 5.22. The van der Waals surface area contributed by atoms with Gasteiger partial charge in [-0.3, -0.25) is 0 Å². The fourth-order valence-corrected chi connectivity index (χ4v) is 0.349. The Morgan fingerprint density at radius 3 is 2.25 bits per heavy atom. The maximum absolute atomic E-state index is 9.64. The van der Waals surface area contributed by atoms with Gasteiger partial charge in [-0.1, -0.05) is 0 Å². The van der Waals surface area contributed by atoms with Crippen LogP contribution in [0.5, 0.6) is 0 Å². The smallest absolute Gasteiger partial charge is 0.405 e. The summed E-state index contributed by atoms with van der Waals surface area (Å²) in [5.74, 6) is -0.634. The van der Waals surface area contributed by atoms with Crippen molar-refractivity contribution in [1.82, 2.24) is 0 Å². The van der Waals surface area contributed by atoms with Crippen molar-refractivity contribution in [2.75, 3.05) is 5.94 Å². The highest BCUT2D eigenvalue weighted by Crippen LogP contribution is 1.70. The van der Waals surface area contributed by atoms with Crippen molar-refractivity contribution in [3.63, 3.8) is 0 Å². The van der Waals surface area contributed by atoms with Gasteiger partial charge in [0.05, 0.1) is 0 Å². The second-order valence-corrected chi connectivity index (χ2v) is 1.85. The van der Waals surface area contributed by atoms with E-state index in [1.165, 1.54) is 0 Å². The average molecular weight is 139 g/mol. The minimum Gasteiger partial charge on any atom is -0.434 e. The van der Waals surface area contributed by atoms with Crippen molar-refractivity contribution < 1.29 is 17.9 Å². The predicted octanol–water partition coefficient (Wildman–Crippen LogP) is -1.35. The molecule has 0 aromatic carbocycles. The molecule has 0 rings (SSSR count). The summed E-state index contributed by atoms with van der Waals surface area (Å²) in [5.41, 5.74) is 4.41. The van der Waals surface area contributed by atoms with Crippen LogP contribution in [0.2, 0.25) is 0 Å². The second kappa shape index (κ2) is 3.25. The number of hydrogen-bond acceptors (Lipinski definition) is 4. The summed E-state index contributed by atoms with van der Waals surface area (Å²) < 4.78 is 23.1. The van der Waals surface area contributed by atoms with E-state index < -0.39 is 22.7 Å². The summed E-state index contributed by atoms with van der Waals surface area (Å²) in [5, 5.41) is 0. The molecular formula is C2H5NO4S. The van der Waals surface area contributed by atoms with E-state index >= 15 is 0 Å². The van der Waals surface area contributed by atoms with Crippen LogP contribution in [0, 0.1) is 0 Å². The lowest BCUT2D eigenvalue weighted by molar-refractivity contribution is 0.175. The zero-order valence-electron chi connectivity index (χ0n) is 3.86. The van der Waals surface area contributed by atoms with Gasteiger partial charge in [0.2, 0.25) is 0 Å². The van der Waals surface area contributed by atoms with Crippen LogP contribution in [-0.2, 0) is 15.4 Å². The molecule has 5 nitrogen and oxygen atoms in total. The molecule has 6 heteroatoms. The molecule has 0 spiro atoms. The molecule has 0 aliphatic heterocycles. The Morgan fingerprint density at radius 2 is 2.12 bits per heavy atom. The molecular weight excluding hydrogens is 134 g/mol. The number of rotatable bonds is 2. The lowest BCUT2D eigenvalue weighted by Crippen LogP contribution is -2.13. The number of thiol groups is 1. The van der Waals surface area contributed by atoms with E-state index in [-0.39, 0.29) is 0 Å². The van der Waals surface area contributed by atoms with Gasteiger partial charge in [-0.15, -0.1) is 0 Å². The fraction of sp³-hybridized carbons (Fsp3) is 0.500. The highest BCUT2D eigenvalue weighted by molar-refractivity contribution is 7.72. The molecule has 0 unspecified atom stereocenters. The second-order valence-electron chi connectivity index (χ2n) is 0.925. The van der Waals surface area contributed by atoms with Crippen LogP contribution in [0.4, 0.5) is 4.79 Å². The lowest BCUT2D eigenvalue weighted by atomic mass is 11.2. The number of amides is 1. The van der Waals surface area contributed by atoms with Crippen LogP contribution >= 0.6 is 0 Å². The summed E-state index contributed by atoms with van der Waals surface area (Å²) in [6, 6.07) is 0. The lowest BCUT2D eigenvalue weighted by Gasteiger charge is -1.89. The largest absolute Gasteiger partial charge is 0.434 e. The Labute approximate surface area is 47.4 Å². The standard InChI is InChI=1S/C2H5NO4S/c3-2(4)7-1-8(5)6/h8H,1H2,(H2,3,4). The molecule has 0 atom stereocenters. The van der Waals surface area contributed by atoms with E-state index in [2.05, 4.69) is 10.5 Å². The first kappa shape index (κ1) is 7.22. The zero-order valence-corrected chi connectivity index (χ0v) is 4.76. The van der Waals surface area contributed by atoms with Crippen LogP contribution in [0.1, 0.15) is 0 Å². The van der Waals surface area contributed by atoms with E-state index in [0.29, 0.717) is 0 Å². The Hall–Kier alpha value is -0.780. The molecule has 8 heavy (non-hydrogen) atoms. The Balaban J connectivity index is 3.32. The van der Waals surface area contributed by atoms with Gasteiger partial charge in [0.25, 0.3) is 0 Å². The van der Waals surface area contributed by atoms with E-state index in [9.17, 15) is 13.2 Å². The highest BCUT2D eigenvalue weighted by Gasteiger charge is 1.90. The Kier molecular flexibility index (Phi) is 2.93. The quantitative estimate of drug-likeness (QED) is 0.463. The van der Waals surface area contributed by atoms with E-state index in [0.717, 1.165) is 0 Å². The molecule has 0 bridgehead atoms. The SMILES string of the molecule is NC(=O)OC[SH](=O)=O. The number of carbonyl (C=O) groups is 1. The van der Waals surface area contributed by atoms with Gasteiger partial charge in [-0.05, 0) is 0 Å². The molecule has 2 N–H and O–H groups in total. The number of hydrogen-bond donors (Lipinski definition) is 2. The first-order chi connectivity index (χ1) is 3.63. The number of primary amides is 1. The van der Waals surface area contributed by atoms with Gasteiger partial charge >= 0.3 is 6.09 Å². The molecule has 1 amide bonds. The van der Waals surface area contributed by atoms with E-state index in [4.69, 9.17) is 0 Å². The maximum Gasteiger partial charge on any atom is 0.405 e. The van der Waals surface area contributed by atoms with Gasteiger partial charge < -0.3 is 10.5 Å². The van der Waals surface area contributed by atoms with Crippen LogP contribution in [0.3, 0.4) is 0 Å². The maximum atomic E-state index is 9.64. The molecule has 0 aromatic heterocycles. The van der Waals surface area contributed by atoms with Crippen molar-refractivity contribution in [1.29, 1.82) is 0 Å². The summed E-state index contributed by atoms with van der Waals surface area (Å²) in [4.78, 5) is 9.64. The van der Waals surface area contributed by atoms with Crippen LogP contribution in [0.25, 0.3) is 0 Å². The monoisotopic (exact) mass is 139 g/mol. The molecule has 0 heterocycles. The van der Waals surface area contributed by atoms with Gasteiger partial charge in [0.15, 0.2) is 16.6 Å². The average Bonchev–Trinajstić information content (AvgIpc) is 1.61. The molecule has 0 saturated heterocycles. The Morgan fingerprint density at radius 1 is 1.62 bits per heavy atom. The van der Waals surface area contributed by atoms with Crippen molar-refractivity contribution in [3.05, 3.63) is 0 Å². The number of carbonyl (C=O) groups excluding carboxylic acids is 1. The molecule has 0 aromatic rings. The summed E-state index contributed by atoms with van der Waals surface area (Å²) >= 11 is 0. The molecule has 0 radical (unpaired) electrons. The van der Waals surface area contributed by atoms with Crippen molar-refractivity contribution >= 4 is 16.8 Å². The minimum absolute atomic E-state index is 0.634. The zero-order chi connectivity index (χ0) is 6.57. The minimum atomic E-state index is -2.66. The van der Waals surface area contributed by atoms with Crippen LogP contribution in [0.15, 0.2) is 0 Å². The fourth-order valence-electron chi connectivity index (χ4n) is 0.116. The van der Waals surface area contributed by atoms with Gasteiger partial charge in [0, 0.05) is 0 Å². The normalized spacial score (nSPS) is 9.12. The molecule has 0 aliphatic carbocycles. The first-order valence-electron chi connectivity index (χ1n) is 1.67. The topological polar surface area (TPSA) is 86.5 Å². The van der Waals surface area contributed by atoms with Crippen molar-refractivity contribution in [2.24, 2.45) is 5.73 Å². The van der Waals surface area contributed by atoms with Crippen LogP contribution < -0.4 is 5.73 Å². The summed E-state index contributed by atoms with van der Waals surface area (Å²) in [6.07, 6.45) is -1.08. The molecule has 0 fully saturated rings. The van der Waals surface area contributed by atoms with Crippen LogP contribution in [-0.4, -0.2) is 20.4 Å². The van der Waals surface area contributed by atoms with Gasteiger partial charge in [-0.2, -0.15) is 0 Å². The predicted molar refractivity (Wildman–Crippen MR) is 25.9 cm³/mol. The third-order valence-electron chi connectivity index (χ3n) is 0.312. The first-order valence-corrected chi connectivity index (χ1v) is 3.03. The van der Waals surface area contributed by atoms with E-state index in [1.807, 2.05) is 0 Å². The van der Waals surface area contributed by atoms with E-state index in [1.54, 1.807) is 0 Å². The van der Waals surface area contributed by atoms with Gasteiger partial charge in [-0.25, -0.2) is 13.2 Å². The van der Waals surface area contributed by atoms with Gasteiger partial charge in [0.1, 0.15) is 0 Å².